The molecule has 0 fully saturated rings. The molecule has 0 atom stereocenters. The van der Waals surface area contributed by atoms with Crippen molar-refractivity contribution in [2.45, 2.75) is 78.6 Å². The van der Waals surface area contributed by atoms with Gasteiger partial charge in [-0.3, -0.25) is 0 Å². The Morgan fingerprint density at radius 1 is 0.667 bits per heavy atom. The number of allylic oxidation sites excluding steroid dienone is 3. The minimum Gasteiger partial charge on any atom is -0.127 e. The summed E-state index contributed by atoms with van der Waals surface area (Å²) in [6.07, 6.45) is 2.20. The van der Waals surface area contributed by atoms with Gasteiger partial charge in [0, 0.05) is 5.57 Å². The zero-order valence-corrected chi connectivity index (χ0v) is 22.2. The molecular formula is C20H38Si4. The van der Waals surface area contributed by atoms with Gasteiger partial charge in [0.25, 0.3) is 0 Å². The highest BCUT2D eigenvalue weighted by atomic mass is 28.3. The summed E-state index contributed by atoms with van der Waals surface area (Å²) in [4.78, 5) is 0. The standard InChI is InChI=1S/C20H38Si4/c1-21(2,3)16-13-14-20(24(10,11)12)19(18-23(7,8)9)15-17-22(4,5)6/h14,18H,1-12H3. The van der Waals surface area contributed by atoms with Crippen LogP contribution in [-0.2, 0) is 0 Å². The molecule has 0 nitrogen and oxygen atoms in total. The van der Waals surface area contributed by atoms with Gasteiger partial charge in [0.05, 0.1) is 16.1 Å². The van der Waals surface area contributed by atoms with Crippen molar-refractivity contribution in [3.63, 3.8) is 0 Å². The van der Waals surface area contributed by atoms with Crippen molar-refractivity contribution in [2.24, 2.45) is 0 Å². The van der Waals surface area contributed by atoms with Crippen LogP contribution < -0.4 is 0 Å². The molecule has 0 saturated carbocycles. The van der Waals surface area contributed by atoms with Gasteiger partial charge < -0.3 is 0 Å². The minimum atomic E-state index is -1.50. The average Bonchev–Trinajstić information content (AvgIpc) is 2.25. The summed E-state index contributed by atoms with van der Waals surface area (Å²) in [7, 11) is -5.57. The molecular weight excluding hydrogens is 353 g/mol. The van der Waals surface area contributed by atoms with E-state index < -0.39 is 32.3 Å². The van der Waals surface area contributed by atoms with E-state index in [0.29, 0.717) is 0 Å². The molecule has 0 bridgehead atoms. The summed E-state index contributed by atoms with van der Waals surface area (Å²) < 4.78 is 0. The molecule has 0 aromatic carbocycles. The lowest BCUT2D eigenvalue weighted by molar-refractivity contribution is 1.58. The first-order valence-corrected chi connectivity index (χ1v) is 23.0. The van der Waals surface area contributed by atoms with Gasteiger partial charge in [0.15, 0.2) is 0 Å². The first-order valence-electron chi connectivity index (χ1n) is 8.90. The Bertz CT molecular complexity index is 617. The molecule has 0 saturated heterocycles. The highest BCUT2D eigenvalue weighted by molar-refractivity contribution is 6.86. The van der Waals surface area contributed by atoms with Gasteiger partial charge in [0.2, 0.25) is 0 Å². The second-order valence-corrected chi connectivity index (χ2v) is 30.3. The van der Waals surface area contributed by atoms with Crippen LogP contribution in [0.5, 0.6) is 0 Å². The van der Waals surface area contributed by atoms with Crippen molar-refractivity contribution >= 4 is 32.3 Å². The maximum atomic E-state index is 3.59. The first kappa shape index (κ1) is 23.5. The van der Waals surface area contributed by atoms with Crippen LogP contribution in [0.25, 0.3) is 0 Å². The molecule has 0 spiro atoms. The van der Waals surface area contributed by atoms with Crippen molar-refractivity contribution < 1.29 is 0 Å². The van der Waals surface area contributed by atoms with Crippen LogP contribution in [0.2, 0.25) is 78.6 Å². The second kappa shape index (κ2) is 8.23. The third-order valence-corrected chi connectivity index (χ3v) is 7.87. The van der Waals surface area contributed by atoms with Crippen LogP contribution in [0.3, 0.4) is 0 Å². The number of hydrogen-bond donors (Lipinski definition) is 0. The van der Waals surface area contributed by atoms with Crippen molar-refractivity contribution in [1.82, 2.24) is 0 Å². The lowest BCUT2D eigenvalue weighted by Crippen LogP contribution is -2.27. The molecule has 134 valence electrons. The predicted molar refractivity (Wildman–Crippen MR) is 125 cm³/mol. The Balaban J connectivity index is 6.31. The molecule has 0 aliphatic carbocycles. The SMILES string of the molecule is C[Si](C)(C)C#CC=C(C(C#C[Si](C)(C)C)=C[Si](C)(C)C)[Si](C)(C)C. The topological polar surface area (TPSA) is 0 Å². The lowest BCUT2D eigenvalue weighted by atomic mass is 10.3. The van der Waals surface area contributed by atoms with E-state index in [1.807, 2.05) is 0 Å². The van der Waals surface area contributed by atoms with E-state index in [1.165, 1.54) is 10.8 Å². The van der Waals surface area contributed by atoms with Gasteiger partial charge in [-0.15, -0.1) is 11.1 Å². The van der Waals surface area contributed by atoms with Crippen molar-refractivity contribution in [2.75, 3.05) is 0 Å². The molecule has 0 amide bonds. The van der Waals surface area contributed by atoms with Gasteiger partial charge in [-0.05, 0) is 11.3 Å². The summed E-state index contributed by atoms with van der Waals surface area (Å²) in [5, 5.41) is 1.43. The molecule has 0 radical (unpaired) electrons. The highest BCUT2D eigenvalue weighted by Gasteiger charge is 2.24. The largest absolute Gasteiger partial charge is 0.129 e. The maximum Gasteiger partial charge on any atom is 0.129 e. The van der Waals surface area contributed by atoms with Crippen LogP contribution in [0.15, 0.2) is 22.5 Å². The Morgan fingerprint density at radius 3 is 1.46 bits per heavy atom. The normalized spacial score (nSPS) is 14.5. The summed E-state index contributed by atoms with van der Waals surface area (Å²) >= 11 is 0. The molecule has 0 aromatic heterocycles. The van der Waals surface area contributed by atoms with E-state index >= 15 is 0 Å². The smallest absolute Gasteiger partial charge is 0.127 e. The van der Waals surface area contributed by atoms with Crippen molar-refractivity contribution in [3.05, 3.63) is 22.5 Å². The monoisotopic (exact) mass is 390 g/mol. The Labute approximate surface area is 156 Å². The molecule has 0 unspecified atom stereocenters. The van der Waals surface area contributed by atoms with Crippen LogP contribution in [0, 0.1) is 22.9 Å². The third kappa shape index (κ3) is 11.9. The molecule has 0 aliphatic heterocycles. The molecule has 4 heteroatoms. The molecule has 0 aromatic rings. The fourth-order valence-electron chi connectivity index (χ4n) is 1.89. The Hall–Kier alpha value is -0.532. The fraction of sp³-hybridized carbons (Fsp3) is 0.600. The second-order valence-electron chi connectivity index (χ2n) is 10.8. The van der Waals surface area contributed by atoms with Crippen LogP contribution in [-0.4, -0.2) is 32.3 Å². The van der Waals surface area contributed by atoms with E-state index in [4.69, 9.17) is 0 Å². The predicted octanol–water partition coefficient (Wildman–Crippen LogP) is 6.36. The number of rotatable bonds is 3. The average molecular weight is 391 g/mol. The summed E-state index contributed by atoms with van der Waals surface area (Å²) in [6.45, 7) is 28.2. The van der Waals surface area contributed by atoms with Crippen molar-refractivity contribution in [1.29, 1.82) is 0 Å². The van der Waals surface area contributed by atoms with E-state index in [1.54, 1.807) is 0 Å². The summed E-state index contributed by atoms with van der Waals surface area (Å²) in [5.41, 5.74) is 10.8. The van der Waals surface area contributed by atoms with E-state index in [2.05, 4.69) is 113 Å². The minimum absolute atomic E-state index is 1.28. The van der Waals surface area contributed by atoms with Crippen LogP contribution in [0.1, 0.15) is 0 Å². The maximum absolute atomic E-state index is 3.59. The number of hydrogen-bond acceptors (Lipinski definition) is 0. The molecule has 0 N–H and O–H groups in total. The molecule has 0 rings (SSSR count). The molecule has 0 heterocycles. The Morgan fingerprint density at radius 2 is 1.12 bits per heavy atom. The Kier molecular flexibility index (Phi) is 8.05. The quantitative estimate of drug-likeness (QED) is 0.299. The zero-order valence-electron chi connectivity index (χ0n) is 18.2. The van der Waals surface area contributed by atoms with E-state index in [9.17, 15) is 0 Å². The third-order valence-electron chi connectivity index (χ3n) is 2.91. The van der Waals surface area contributed by atoms with Gasteiger partial charge in [-0.2, -0.15) is 0 Å². The summed E-state index contributed by atoms with van der Waals surface area (Å²) in [5.74, 6) is 6.99. The van der Waals surface area contributed by atoms with Crippen LogP contribution in [0.4, 0.5) is 0 Å². The first-order chi connectivity index (χ1) is 10.4. The van der Waals surface area contributed by atoms with Gasteiger partial charge in [-0.1, -0.05) is 96.1 Å². The van der Waals surface area contributed by atoms with Crippen LogP contribution >= 0.6 is 0 Å². The van der Waals surface area contributed by atoms with E-state index in [-0.39, 0.29) is 0 Å². The molecule has 0 aliphatic rings. The highest BCUT2D eigenvalue weighted by Crippen LogP contribution is 2.24. The fourth-order valence-corrected chi connectivity index (χ4v) is 5.59. The van der Waals surface area contributed by atoms with E-state index in [0.717, 1.165) is 0 Å². The zero-order chi connectivity index (χ0) is 19.4. The lowest BCUT2D eigenvalue weighted by Gasteiger charge is -2.23. The van der Waals surface area contributed by atoms with Gasteiger partial charge in [-0.25, -0.2) is 0 Å². The van der Waals surface area contributed by atoms with Gasteiger partial charge in [0.1, 0.15) is 16.1 Å². The van der Waals surface area contributed by atoms with Crippen molar-refractivity contribution in [3.8, 4) is 22.9 Å². The summed E-state index contributed by atoms with van der Waals surface area (Å²) in [6, 6.07) is 0. The van der Waals surface area contributed by atoms with Gasteiger partial charge >= 0.3 is 0 Å². The molecule has 24 heavy (non-hydrogen) atoms.